The van der Waals surface area contributed by atoms with Crippen LogP contribution in [0.2, 0.25) is 0 Å². The lowest BCUT2D eigenvalue weighted by molar-refractivity contribution is 0.0940. The van der Waals surface area contributed by atoms with Crippen molar-refractivity contribution in [3.8, 4) is 17.2 Å². The molecule has 0 unspecified atom stereocenters. The van der Waals surface area contributed by atoms with Crippen molar-refractivity contribution in [1.29, 1.82) is 5.26 Å². The Morgan fingerprint density at radius 1 is 1.10 bits per heavy atom. The summed E-state index contributed by atoms with van der Waals surface area (Å²) in [6, 6.07) is 12.4. The summed E-state index contributed by atoms with van der Waals surface area (Å²) in [7, 11) is 2.17. The zero-order valence-corrected chi connectivity index (χ0v) is 23.8. The van der Waals surface area contributed by atoms with Gasteiger partial charge in [-0.05, 0) is 59.1 Å². The zero-order valence-electron chi connectivity index (χ0n) is 22.2. The topological polar surface area (TPSA) is 101 Å². The van der Waals surface area contributed by atoms with E-state index in [9.17, 15) is 10.1 Å². The van der Waals surface area contributed by atoms with Crippen molar-refractivity contribution in [2.45, 2.75) is 44.7 Å². The molecule has 5 rings (SSSR count). The third kappa shape index (κ3) is 6.79. The van der Waals surface area contributed by atoms with Crippen molar-refractivity contribution in [3.05, 3.63) is 70.3 Å². The summed E-state index contributed by atoms with van der Waals surface area (Å²) in [6.07, 6.45) is 10.1. The minimum absolute atomic E-state index is 0.0587. The number of piperazine rings is 1. The van der Waals surface area contributed by atoms with Crippen molar-refractivity contribution >= 4 is 27.7 Å². The number of likely N-dealkylation sites (N-methyl/N-ethyl adjacent to an activating group) is 1. The molecule has 2 aromatic heterocycles. The number of nitrogens with one attached hydrogen (secondary N) is 1. The van der Waals surface area contributed by atoms with Crippen LogP contribution in [0.15, 0.2) is 53.4 Å². The van der Waals surface area contributed by atoms with Crippen LogP contribution in [-0.2, 0) is 6.54 Å². The van der Waals surface area contributed by atoms with Crippen LogP contribution in [0.5, 0.6) is 0 Å². The van der Waals surface area contributed by atoms with E-state index in [1.54, 1.807) is 23.6 Å². The molecule has 10 heteroatoms. The number of hydrazine groups is 1. The smallest absolute Gasteiger partial charge is 0.271 e. The number of hydrogen-bond acceptors (Lipinski definition) is 8. The predicted octanol–water partition coefficient (Wildman–Crippen LogP) is 4.40. The minimum atomic E-state index is -0.271. The molecule has 0 atom stereocenters. The number of nitrogens with zero attached hydrogens (tertiary/aromatic N) is 7. The van der Waals surface area contributed by atoms with Gasteiger partial charge in [-0.1, -0.05) is 37.5 Å². The Labute approximate surface area is 238 Å². The third-order valence-corrected chi connectivity index (χ3v) is 8.04. The van der Waals surface area contributed by atoms with Crippen LogP contribution in [0.1, 0.15) is 53.8 Å². The summed E-state index contributed by atoms with van der Waals surface area (Å²) in [5, 5.41) is 11.2. The monoisotopic (exact) mass is 588 g/mol. The van der Waals surface area contributed by atoms with Gasteiger partial charge in [-0.3, -0.25) is 25.1 Å². The average molecular weight is 590 g/mol. The Morgan fingerprint density at radius 2 is 1.90 bits per heavy atom. The largest absolute Gasteiger partial charge is 0.304 e. The Morgan fingerprint density at radius 3 is 2.67 bits per heavy atom. The zero-order chi connectivity index (χ0) is 27.2. The van der Waals surface area contributed by atoms with Crippen LogP contribution < -0.4 is 10.4 Å². The first-order valence-electron chi connectivity index (χ1n) is 13.5. The van der Waals surface area contributed by atoms with Gasteiger partial charge in [-0.25, -0.2) is 4.98 Å². The highest BCUT2D eigenvalue weighted by molar-refractivity contribution is 9.10. The fourth-order valence-corrected chi connectivity index (χ4v) is 5.63. The number of amides is 1. The number of carbonyl (C=O) groups is 1. The van der Waals surface area contributed by atoms with Crippen LogP contribution in [0.3, 0.4) is 0 Å². The van der Waals surface area contributed by atoms with Crippen LogP contribution >= 0.6 is 15.9 Å². The summed E-state index contributed by atoms with van der Waals surface area (Å²) in [5.41, 5.74) is 6.71. The van der Waals surface area contributed by atoms with Gasteiger partial charge in [0.15, 0.2) is 5.82 Å². The Balaban J connectivity index is 1.36. The number of aromatic nitrogens is 3. The summed E-state index contributed by atoms with van der Waals surface area (Å²) >= 11 is 3.51. The molecule has 2 aliphatic rings. The summed E-state index contributed by atoms with van der Waals surface area (Å²) in [4.78, 5) is 31.2. The number of anilines is 1. The summed E-state index contributed by atoms with van der Waals surface area (Å²) in [5.74, 6) is 0.276. The van der Waals surface area contributed by atoms with E-state index in [1.807, 2.05) is 12.1 Å². The van der Waals surface area contributed by atoms with Crippen LogP contribution in [0.25, 0.3) is 11.1 Å². The molecule has 9 nitrogen and oxygen atoms in total. The molecule has 3 aromatic rings. The van der Waals surface area contributed by atoms with E-state index in [4.69, 9.17) is 0 Å². The highest BCUT2D eigenvalue weighted by Crippen LogP contribution is 2.30. The van der Waals surface area contributed by atoms with Gasteiger partial charge in [0.05, 0.1) is 16.1 Å². The first-order valence-corrected chi connectivity index (χ1v) is 14.3. The quantitative estimate of drug-likeness (QED) is 0.405. The van der Waals surface area contributed by atoms with E-state index < -0.39 is 0 Å². The van der Waals surface area contributed by atoms with Gasteiger partial charge in [0.25, 0.3) is 5.91 Å². The highest BCUT2D eigenvalue weighted by Gasteiger charge is 2.27. The molecule has 0 radical (unpaired) electrons. The molecule has 3 heterocycles. The van der Waals surface area contributed by atoms with Crippen molar-refractivity contribution in [3.63, 3.8) is 0 Å². The molecule has 1 saturated carbocycles. The first-order chi connectivity index (χ1) is 19.0. The number of benzene rings is 1. The third-order valence-electron chi connectivity index (χ3n) is 7.48. The lowest BCUT2D eigenvalue weighted by Crippen LogP contribution is -2.50. The fourth-order valence-electron chi connectivity index (χ4n) is 5.25. The number of hydrogen-bond donors (Lipinski definition) is 1. The molecule has 1 aliphatic heterocycles. The number of carbonyl (C=O) groups excluding carboxylic acids is 1. The summed E-state index contributed by atoms with van der Waals surface area (Å²) in [6.45, 7) is 5.20. The lowest BCUT2D eigenvalue weighted by Gasteiger charge is -2.35. The van der Waals surface area contributed by atoms with E-state index in [0.29, 0.717) is 15.9 Å². The molecular formula is C29H33BrN8O. The van der Waals surface area contributed by atoms with Crippen LogP contribution in [0.4, 0.5) is 5.82 Å². The fraction of sp³-hybridized carbons (Fsp3) is 0.414. The predicted molar refractivity (Wildman–Crippen MR) is 154 cm³/mol. The second-order valence-electron chi connectivity index (χ2n) is 10.3. The number of rotatable bonds is 7. The maximum absolute atomic E-state index is 13.5. The van der Waals surface area contributed by atoms with Crippen molar-refractivity contribution in [1.82, 2.24) is 30.2 Å². The Bertz CT molecular complexity index is 1350. The molecule has 202 valence electrons. The van der Waals surface area contributed by atoms with Gasteiger partial charge in [0.2, 0.25) is 5.82 Å². The molecule has 1 amide bonds. The molecule has 39 heavy (non-hydrogen) atoms. The van der Waals surface area contributed by atoms with E-state index in [-0.39, 0.29) is 17.8 Å². The van der Waals surface area contributed by atoms with Gasteiger partial charge >= 0.3 is 0 Å². The normalized spacial score (nSPS) is 16.9. The van der Waals surface area contributed by atoms with Gasteiger partial charge in [-0.2, -0.15) is 10.2 Å². The molecule has 2 fully saturated rings. The van der Waals surface area contributed by atoms with Crippen molar-refractivity contribution in [2.75, 3.05) is 38.2 Å². The summed E-state index contributed by atoms with van der Waals surface area (Å²) < 4.78 is 0.622. The molecule has 0 bridgehead atoms. The molecule has 1 aliphatic carbocycles. The first kappa shape index (κ1) is 27.2. The van der Waals surface area contributed by atoms with E-state index in [1.165, 1.54) is 12.0 Å². The van der Waals surface area contributed by atoms with Crippen molar-refractivity contribution in [2.24, 2.45) is 0 Å². The lowest BCUT2D eigenvalue weighted by atomic mass is 9.95. The van der Waals surface area contributed by atoms with Crippen molar-refractivity contribution < 1.29 is 4.79 Å². The maximum Gasteiger partial charge on any atom is 0.271 e. The Hall–Kier alpha value is -3.39. The van der Waals surface area contributed by atoms with Crippen LogP contribution in [0, 0.1) is 11.3 Å². The molecule has 1 aromatic carbocycles. The van der Waals surface area contributed by atoms with E-state index >= 15 is 0 Å². The molecule has 1 N–H and O–H groups in total. The number of halogens is 1. The van der Waals surface area contributed by atoms with Crippen LogP contribution in [-0.4, -0.2) is 69.9 Å². The van der Waals surface area contributed by atoms with Gasteiger partial charge < -0.3 is 4.90 Å². The molecular weight excluding hydrogens is 556 g/mol. The average Bonchev–Trinajstić information content (AvgIpc) is 2.98. The second-order valence-corrected chi connectivity index (χ2v) is 11.2. The SMILES string of the molecule is CN1CCN(Cc2cccc(-c3cncc(C(=O)NN(c4nc(C#N)ncc4Br)C4CCCCC4)c3)c2)CC1. The van der Waals surface area contributed by atoms with E-state index in [0.717, 1.165) is 69.5 Å². The van der Waals surface area contributed by atoms with Gasteiger partial charge in [-0.15, -0.1) is 0 Å². The molecule has 0 spiro atoms. The second kappa shape index (κ2) is 12.6. The Kier molecular flexibility index (Phi) is 8.81. The standard InChI is InChI=1S/C29H33BrN8O/c1-36-10-12-37(13-11-36)20-21-6-5-7-22(14-21)23-15-24(18-32-17-23)29(39)35-38(25-8-3-2-4-9-25)28-26(30)19-33-27(16-31)34-28/h5-7,14-15,17-19,25H,2-4,8-13,20H2,1H3,(H,35,39). The molecule has 1 saturated heterocycles. The number of pyridine rings is 1. The minimum Gasteiger partial charge on any atom is -0.304 e. The maximum atomic E-state index is 13.5. The van der Waals surface area contributed by atoms with E-state index in [2.05, 4.69) is 77.4 Å². The van der Waals surface area contributed by atoms with Gasteiger partial charge in [0, 0.05) is 56.9 Å². The highest BCUT2D eigenvalue weighted by atomic mass is 79.9. The van der Waals surface area contributed by atoms with Gasteiger partial charge in [0.1, 0.15) is 6.07 Å². The number of nitriles is 1.